The lowest BCUT2D eigenvalue weighted by Crippen LogP contribution is -2.39. The smallest absolute Gasteiger partial charge is 0.225 e. The zero-order valence-corrected chi connectivity index (χ0v) is 14.6. The molecule has 0 saturated carbocycles. The fourth-order valence-electron chi connectivity index (χ4n) is 2.15. The molecule has 2 N–H and O–H groups in total. The first-order chi connectivity index (χ1) is 9.92. The molecule has 0 aromatic heterocycles. The average Bonchev–Trinajstić information content (AvgIpc) is 2.40. The van der Waals surface area contributed by atoms with Gasteiger partial charge in [-0.3, -0.25) is 4.79 Å². The van der Waals surface area contributed by atoms with E-state index >= 15 is 0 Å². The number of hydrogen-bond acceptors (Lipinski definition) is 4. The molecule has 1 unspecified atom stereocenters. The fourth-order valence-corrected chi connectivity index (χ4v) is 4.07. The maximum Gasteiger partial charge on any atom is 0.225 e. The van der Waals surface area contributed by atoms with E-state index in [1.807, 2.05) is 35.7 Å². The molecule has 0 spiro atoms. The number of rotatable bonds is 4. The van der Waals surface area contributed by atoms with Crippen LogP contribution >= 0.6 is 23.5 Å². The van der Waals surface area contributed by atoms with E-state index in [2.05, 4.69) is 43.5 Å². The highest BCUT2D eigenvalue weighted by Gasteiger charge is 2.17. The zero-order valence-electron chi connectivity index (χ0n) is 12.9. The summed E-state index contributed by atoms with van der Waals surface area (Å²) in [5.74, 6) is 2.26. The molecule has 21 heavy (non-hydrogen) atoms. The van der Waals surface area contributed by atoms with Crippen LogP contribution in [0.15, 0.2) is 29.2 Å². The molecule has 1 saturated heterocycles. The fraction of sp³-hybridized carbons (Fsp3) is 0.562. The van der Waals surface area contributed by atoms with Crippen molar-refractivity contribution in [2.75, 3.05) is 23.4 Å². The van der Waals surface area contributed by atoms with E-state index in [-0.39, 0.29) is 10.7 Å². The van der Waals surface area contributed by atoms with Gasteiger partial charge in [0, 0.05) is 45.8 Å². The van der Waals surface area contributed by atoms with E-state index in [0.717, 1.165) is 23.7 Å². The van der Waals surface area contributed by atoms with Crippen LogP contribution in [0.25, 0.3) is 0 Å². The van der Waals surface area contributed by atoms with E-state index in [4.69, 9.17) is 0 Å². The molecule has 1 aliphatic rings. The van der Waals surface area contributed by atoms with Gasteiger partial charge < -0.3 is 10.6 Å². The summed E-state index contributed by atoms with van der Waals surface area (Å²) in [4.78, 5) is 13.3. The van der Waals surface area contributed by atoms with Gasteiger partial charge in [0.1, 0.15) is 0 Å². The van der Waals surface area contributed by atoms with Gasteiger partial charge >= 0.3 is 0 Å². The third kappa shape index (κ3) is 6.32. The maximum absolute atomic E-state index is 12.0. The third-order valence-corrected chi connectivity index (χ3v) is 5.24. The van der Waals surface area contributed by atoms with Crippen LogP contribution in [-0.4, -0.2) is 34.7 Å². The predicted octanol–water partition coefficient (Wildman–Crippen LogP) is 3.61. The Morgan fingerprint density at radius 3 is 2.67 bits per heavy atom. The number of anilines is 1. The molecule has 1 aliphatic heterocycles. The maximum atomic E-state index is 12.0. The lowest BCUT2D eigenvalue weighted by atomic mass is 10.2. The molecule has 3 nitrogen and oxygen atoms in total. The minimum atomic E-state index is 0.0891. The molecule has 0 bridgehead atoms. The van der Waals surface area contributed by atoms with E-state index in [0.29, 0.717) is 12.5 Å². The number of benzene rings is 1. The van der Waals surface area contributed by atoms with Crippen molar-refractivity contribution in [3.63, 3.8) is 0 Å². The summed E-state index contributed by atoms with van der Waals surface area (Å²) in [6.45, 7) is 7.59. The molecule has 1 fully saturated rings. The second-order valence-corrected chi connectivity index (χ2v) is 9.27. The van der Waals surface area contributed by atoms with Gasteiger partial charge in [0.15, 0.2) is 0 Å². The van der Waals surface area contributed by atoms with Gasteiger partial charge in [0.2, 0.25) is 5.91 Å². The van der Waals surface area contributed by atoms with Crippen molar-refractivity contribution in [3.05, 3.63) is 24.3 Å². The molecular formula is C16H24N2OS2. The summed E-state index contributed by atoms with van der Waals surface area (Å²) >= 11 is 3.74. The van der Waals surface area contributed by atoms with E-state index < -0.39 is 0 Å². The van der Waals surface area contributed by atoms with Crippen molar-refractivity contribution in [2.24, 2.45) is 0 Å². The zero-order chi connectivity index (χ0) is 15.3. The number of nitrogens with one attached hydrogen (secondary N) is 2. The monoisotopic (exact) mass is 324 g/mol. The summed E-state index contributed by atoms with van der Waals surface area (Å²) in [7, 11) is 0. The number of hydrogen-bond donors (Lipinski definition) is 2. The van der Waals surface area contributed by atoms with Crippen LogP contribution in [0.4, 0.5) is 5.69 Å². The van der Waals surface area contributed by atoms with Gasteiger partial charge in [-0.15, -0.1) is 11.8 Å². The number of carbonyl (C=O) groups excluding carboxylic acids is 1. The first-order valence-electron chi connectivity index (χ1n) is 7.32. The molecule has 0 aliphatic carbocycles. The van der Waals surface area contributed by atoms with E-state index in [1.165, 1.54) is 4.90 Å². The molecular weight excluding hydrogens is 300 g/mol. The third-order valence-electron chi connectivity index (χ3n) is 2.99. The quantitative estimate of drug-likeness (QED) is 0.830. The first-order valence-corrected chi connectivity index (χ1v) is 9.29. The minimum Gasteiger partial charge on any atom is -0.326 e. The molecule has 1 aromatic rings. The van der Waals surface area contributed by atoms with Crippen molar-refractivity contribution < 1.29 is 4.79 Å². The average molecular weight is 325 g/mol. The SMILES string of the molecule is CC(C)(C)Sc1ccc(NC(=O)CC2CSCCN2)cc1. The summed E-state index contributed by atoms with van der Waals surface area (Å²) < 4.78 is 0.203. The van der Waals surface area contributed by atoms with Crippen molar-refractivity contribution in [1.82, 2.24) is 5.32 Å². The first kappa shape index (κ1) is 16.7. The van der Waals surface area contributed by atoms with Crippen LogP contribution in [0.1, 0.15) is 27.2 Å². The molecule has 1 aromatic carbocycles. The standard InChI is InChI=1S/C16H24N2OS2/c1-16(2,3)21-14-6-4-12(5-7-14)18-15(19)10-13-11-20-9-8-17-13/h4-7,13,17H,8-11H2,1-3H3,(H,18,19). The highest BCUT2D eigenvalue weighted by atomic mass is 32.2. The van der Waals surface area contributed by atoms with Crippen LogP contribution < -0.4 is 10.6 Å². The van der Waals surface area contributed by atoms with Crippen LogP contribution in [0.2, 0.25) is 0 Å². The topological polar surface area (TPSA) is 41.1 Å². The van der Waals surface area contributed by atoms with Gasteiger partial charge in [-0.1, -0.05) is 20.8 Å². The number of thioether (sulfide) groups is 2. The highest BCUT2D eigenvalue weighted by molar-refractivity contribution is 8.00. The Morgan fingerprint density at radius 1 is 1.38 bits per heavy atom. The van der Waals surface area contributed by atoms with Gasteiger partial charge in [0.25, 0.3) is 0 Å². The Hall–Kier alpha value is -0.650. The lowest BCUT2D eigenvalue weighted by Gasteiger charge is -2.22. The Morgan fingerprint density at radius 2 is 2.10 bits per heavy atom. The molecule has 116 valence electrons. The van der Waals surface area contributed by atoms with Crippen LogP contribution in [0.5, 0.6) is 0 Å². The van der Waals surface area contributed by atoms with Gasteiger partial charge in [-0.05, 0) is 24.3 Å². The second-order valence-electron chi connectivity index (χ2n) is 6.22. The summed E-state index contributed by atoms with van der Waals surface area (Å²) in [6, 6.07) is 8.41. The molecule has 2 rings (SSSR count). The highest BCUT2D eigenvalue weighted by Crippen LogP contribution is 2.32. The second kappa shape index (κ2) is 7.56. The van der Waals surface area contributed by atoms with Crippen LogP contribution in [0, 0.1) is 0 Å². The summed E-state index contributed by atoms with van der Waals surface area (Å²) in [6.07, 6.45) is 0.547. The van der Waals surface area contributed by atoms with Crippen molar-refractivity contribution in [1.29, 1.82) is 0 Å². The molecule has 1 amide bonds. The van der Waals surface area contributed by atoms with Gasteiger partial charge in [0.05, 0.1) is 0 Å². The minimum absolute atomic E-state index is 0.0891. The number of amides is 1. The van der Waals surface area contributed by atoms with E-state index in [1.54, 1.807) is 0 Å². The van der Waals surface area contributed by atoms with Gasteiger partial charge in [-0.25, -0.2) is 0 Å². The largest absolute Gasteiger partial charge is 0.326 e. The summed E-state index contributed by atoms with van der Waals surface area (Å²) in [5, 5.41) is 6.37. The normalized spacial score (nSPS) is 19.3. The van der Waals surface area contributed by atoms with Gasteiger partial charge in [-0.2, -0.15) is 11.8 Å². The summed E-state index contributed by atoms with van der Waals surface area (Å²) in [5.41, 5.74) is 0.877. The van der Waals surface area contributed by atoms with Crippen molar-refractivity contribution in [2.45, 2.75) is 42.9 Å². The number of carbonyl (C=O) groups is 1. The Bertz CT molecular complexity index is 462. The Kier molecular flexibility index (Phi) is 6.02. The van der Waals surface area contributed by atoms with E-state index in [9.17, 15) is 4.79 Å². The van der Waals surface area contributed by atoms with Crippen LogP contribution in [0.3, 0.4) is 0 Å². The van der Waals surface area contributed by atoms with Crippen LogP contribution in [-0.2, 0) is 4.79 Å². The molecule has 5 heteroatoms. The van der Waals surface area contributed by atoms with Crippen molar-refractivity contribution >= 4 is 35.1 Å². The molecule has 0 radical (unpaired) electrons. The lowest BCUT2D eigenvalue weighted by molar-refractivity contribution is -0.116. The Balaban J connectivity index is 1.83. The Labute approximate surface area is 136 Å². The van der Waals surface area contributed by atoms with Crippen molar-refractivity contribution in [3.8, 4) is 0 Å². The predicted molar refractivity (Wildman–Crippen MR) is 94.4 cm³/mol. The molecule has 1 atom stereocenters. The molecule has 1 heterocycles.